The van der Waals surface area contributed by atoms with Gasteiger partial charge in [-0.15, -0.1) is 0 Å². The second kappa shape index (κ2) is 16.2. The van der Waals surface area contributed by atoms with Gasteiger partial charge in [0.2, 0.25) is 0 Å². The van der Waals surface area contributed by atoms with Crippen LogP contribution in [0.2, 0.25) is 0 Å². The van der Waals surface area contributed by atoms with E-state index in [9.17, 15) is 19.2 Å². The van der Waals surface area contributed by atoms with Crippen LogP contribution in [0, 0.1) is 0 Å². The number of hydrogen-bond donors (Lipinski definition) is 3. The van der Waals surface area contributed by atoms with Crippen LogP contribution in [-0.4, -0.2) is 113 Å². The molecule has 27 heavy (non-hydrogen) atoms. The largest absolute Gasteiger partial charge is 0.480 e. The molecule has 0 heterocycles. The molecule has 0 aliphatic carbocycles. The van der Waals surface area contributed by atoms with Crippen LogP contribution in [0.4, 0.5) is 0 Å². The number of likely N-dealkylation sites (N-methyl/N-ethyl adjacent to an activating group) is 1. The van der Waals surface area contributed by atoms with E-state index in [2.05, 4.69) is 0 Å². The van der Waals surface area contributed by atoms with Gasteiger partial charge in [-0.2, -0.15) is 0 Å². The Morgan fingerprint density at radius 3 is 1.30 bits per heavy atom. The summed E-state index contributed by atoms with van der Waals surface area (Å²) in [5, 5.41) is 26.6. The van der Waals surface area contributed by atoms with Crippen molar-refractivity contribution in [3.63, 3.8) is 0 Å². The van der Waals surface area contributed by atoms with Crippen molar-refractivity contribution in [2.24, 2.45) is 0 Å². The fourth-order valence-corrected chi connectivity index (χ4v) is 2.29. The van der Waals surface area contributed by atoms with E-state index in [0.717, 1.165) is 0 Å². The Hall–Kier alpha value is -2.04. The highest BCUT2D eigenvalue weighted by Crippen LogP contribution is 1.97. The van der Waals surface area contributed by atoms with E-state index in [-0.39, 0.29) is 32.0 Å². The number of hydrogen-bond acceptors (Lipinski definition) is 7. The fraction of sp³-hybridized carbons (Fsp3) is 0.765. The van der Waals surface area contributed by atoms with Crippen molar-refractivity contribution in [3.05, 3.63) is 0 Å². The minimum absolute atomic E-state index is 0.0146. The molecular formula is C17H33N3O7. The van der Waals surface area contributed by atoms with Gasteiger partial charge in [-0.25, -0.2) is 0 Å². The zero-order valence-electron chi connectivity index (χ0n) is 16.7. The summed E-state index contributed by atoms with van der Waals surface area (Å²) in [7, 11) is 0. The highest BCUT2D eigenvalue weighted by atomic mass is 16.4. The van der Waals surface area contributed by atoms with Crippen molar-refractivity contribution in [1.82, 2.24) is 14.7 Å². The van der Waals surface area contributed by atoms with Crippen LogP contribution in [0.1, 0.15) is 27.7 Å². The van der Waals surface area contributed by atoms with E-state index in [4.69, 9.17) is 15.3 Å². The lowest BCUT2D eigenvalue weighted by Gasteiger charge is -2.27. The van der Waals surface area contributed by atoms with Gasteiger partial charge in [0.15, 0.2) is 0 Å². The molecular weight excluding hydrogens is 358 g/mol. The zero-order chi connectivity index (χ0) is 21.4. The molecule has 0 aromatic heterocycles. The zero-order valence-corrected chi connectivity index (χ0v) is 16.7. The maximum Gasteiger partial charge on any atom is 0.317 e. The summed E-state index contributed by atoms with van der Waals surface area (Å²) in [6.45, 7) is 8.38. The van der Waals surface area contributed by atoms with Gasteiger partial charge in [0, 0.05) is 26.2 Å². The molecule has 0 spiro atoms. The van der Waals surface area contributed by atoms with Gasteiger partial charge in [0.05, 0.1) is 26.2 Å². The van der Waals surface area contributed by atoms with Gasteiger partial charge < -0.3 is 15.3 Å². The van der Waals surface area contributed by atoms with Crippen LogP contribution in [-0.2, 0) is 19.2 Å². The van der Waals surface area contributed by atoms with Gasteiger partial charge >= 0.3 is 17.9 Å². The lowest BCUT2D eigenvalue weighted by atomic mass is 10.3. The van der Waals surface area contributed by atoms with Crippen molar-refractivity contribution in [2.45, 2.75) is 27.7 Å². The first kappa shape index (κ1) is 27.2. The number of rotatable bonds is 15. The van der Waals surface area contributed by atoms with E-state index in [1.807, 2.05) is 25.7 Å². The first-order chi connectivity index (χ1) is 12.6. The average Bonchev–Trinajstić information content (AvgIpc) is 2.55. The number of nitrogens with zero attached hydrogens (tertiary/aromatic N) is 3. The van der Waals surface area contributed by atoms with E-state index in [1.54, 1.807) is 4.90 Å². The van der Waals surface area contributed by atoms with Crippen molar-refractivity contribution in [2.75, 3.05) is 58.9 Å². The smallest absolute Gasteiger partial charge is 0.317 e. The molecule has 0 bridgehead atoms. The topological polar surface area (TPSA) is 139 Å². The first-order valence-corrected chi connectivity index (χ1v) is 8.95. The fourth-order valence-electron chi connectivity index (χ4n) is 2.29. The summed E-state index contributed by atoms with van der Waals surface area (Å²) >= 11 is 0. The third-order valence-electron chi connectivity index (χ3n) is 3.43. The normalized spacial score (nSPS) is 10.6. The molecule has 0 radical (unpaired) electrons. The highest BCUT2D eigenvalue weighted by molar-refractivity contribution is 5.77. The van der Waals surface area contributed by atoms with Crippen molar-refractivity contribution in [3.8, 4) is 0 Å². The predicted octanol–water partition coefficient (Wildman–Crippen LogP) is -0.219. The van der Waals surface area contributed by atoms with Crippen molar-refractivity contribution in [1.29, 1.82) is 0 Å². The average molecular weight is 391 g/mol. The highest BCUT2D eigenvalue weighted by Gasteiger charge is 2.17. The molecule has 0 saturated heterocycles. The third-order valence-corrected chi connectivity index (χ3v) is 3.43. The van der Waals surface area contributed by atoms with Gasteiger partial charge in [-0.3, -0.25) is 33.9 Å². The number of ketones is 1. The number of Topliss-reactive ketones (excluding diaryl/α,β-unsaturated/α-hetero) is 1. The van der Waals surface area contributed by atoms with Crippen LogP contribution in [0.5, 0.6) is 0 Å². The van der Waals surface area contributed by atoms with E-state index in [1.165, 1.54) is 11.8 Å². The molecule has 0 aromatic carbocycles. The van der Waals surface area contributed by atoms with Gasteiger partial charge in [-0.1, -0.05) is 20.8 Å². The summed E-state index contributed by atoms with van der Waals surface area (Å²) in [6.07, 6.45) is 0. The lowest BCUT2D eigenvalue weighted by Crippen LogP contribution is -2.44. The monoisotopic (exact) mass is 391 g/mol. The van der Waals surface area contributed by atoms with Crippen LogP contribution in [0.15, 0.2) is 0 Å². The molecule has 0 amide bonds. The number of carboxylic acid groups (broad SMARTS) is 3. The molecule has 0 aliphatic heterocycles. The van der Waals surface area contributed by atoms with Crippen molar-refractivity contribution >= 4 is 23.7 Å². The Labute approximate surface area is 160 Å². The summed E-state index contributed by atoms with van der Waals surface area (Å²) in [5.41, 5.74) is 0. The van der Waals surface area contributed by atoms with Crippen LogP contribution in [0.25, 0.3) is 0 Å². The second-order valence-electron chi connectivity index (χ2n) is 5.74. The van der Waals surface area contributed by atoms with Gasteiger partial charge in [-0.05, 0) is 13.5 Å². The molecule has 0 aromatic rings. The summed E-state index contributed by atoms with van der Waals surface area (Å²) < 4.78 is 0. The van der Waals surface area contributed by atoms with E-state index < -0.39 is 31.0 Å². The summed E-state index contributed by atoms with van der Waals surface area (Å²) in [4.78, 5) is 48.5. The quantitative estimate of drug-likeness (QED) is 0.343. The minimum Gasteiger partial charge on any atom is -0.480 e. The first-order valence-electron chi connectivity index (χ1n) is 8.95. The van der Waals surface area contributed by atoms with E-state index >= 15 is 0 Å². The maximum atomic E-state index is 11.2. The molecule has 0 unspecified atom stereocenters. The standard InChI is InChI=1S/C15H27N3O7.C2H6/c1-3-16(8-12(2)19)4-5-17(9-13(20)21)6-7-18(10-14(22)23)11-15(24)25;1-2/h3-11H2,1-2H3,(H,20,21)(H,22,23)(H,24,25);1-2H3. The second-order valence-corrected chi connectivity index (χ2v) is 5.74. The van der Waals surface area contributed by atoms with Crippen molar-refractivity contribution < 1.29 is 34.5 Å². The Bertz CT molecular complexity index is 455. The van der Waals surface area contributed by atoms with Gasteiger partial charge in [0.25, 0.3) is 0 Å². The number of carboxylic acids is 3. The molecule has 0 aliphatic rings. The Morgan fingerprint density at radius 1 is 0.630 bits per heavy atom. The minimum atomic E-state index is -1.15. The van der Waals surface area contributed by atoms with Crippen LogP contribution >= 0.6 is 0 Å². The molecule has 10 nitrogen and oxygen atoms in total. The van der Waals surface area contributed by atoms with E-state index in [0.29, 0.717) is 19.6 Å². The molecule has 158 valence electrons. The molecule has 0 fully saturated rings. The van der Waals surface area contributed by atoms with Gasteiger partial charge in [0.1, 0.15) is 5.78 Å². The number of aliphatic carboxylic acids is 3. The Kier molecular flexibility index (Phi) is 16.3. The lowest BCUT2D eigenvalue weighted by molar-refractivity contribution is -0.143. The molecule has 0 saturated carbocycles. The summed E-state index contributed by atoms with van der Waals surface area (Å²) in [5.74, 6) is -3.31. The van der Waals surface area contributed by atoms with Crippen LogP contribution in [0.3, 0.4) is 0 Å². The number of carbonyl (C=O) groups is 4. The third kappa shape index (κ3) is 17.1. The Morgan fingerprint density at radius 2 is 0.963 bits per heavy atom. The molecule has 0 rings (SSSR count). The molecule has 0 atom stereocenters. The van der Waals surface area contributed by atoms with Crippen LogP contribution < -0.4 is 0 Å². The molecule has 10 heteroatoms. The summed E-state index contributed by atoms with van der Waals surface area (Å²) in [6, 6.07) is 0. The maximum absolute atomic E-state index is 11.2. The predicted molar refractivity (Wildman–Crippen MR) is 99.9 cm³/mol. The number of carbonyl (C=O) groups excluding carboxylic acids is 1. The molecule has 3 N–H and O–H groups in total. The SMILES string of the molecule is CC.CCN(CCN(CCN(CC(=O)O)CC(=O)O)CC(=O)O)CC(C)=O. The Balaban J connectivity index is 0.